The second-order valence-electron chi connectivity index (χ2n) is 5.29. The summed E-state index contributed by atoms with van der Waals surface area (Å²) in [4.78, 5) is 13.6. The van der Waals surface area contributed by atoms with Gasteiger partial charge in [0.25, 0.3) is 0 Å². The lowest BCUT2D eigenvalue weighted by Crippen LogP contribution is -2.68. The summed E-state index contributed by atoms with van der Waals surface area (Å²) in [6, 6.07) is 3.53. The molecule has 19 heavy (non-hydrogen) atoms. The zero-order chi connectivity index (χ0) is 14.0. The molecule has 1 fully saturated rings. The molecule has 0 radical (unpaired) electrons. The second kappa shape index (κ2) is 5.25. The number of carbonyl (C=O) groups is 1. The van der Waals surface area contributed by atoms with Gasteiger partial charge in [-0.1, -0.05) is 19.4 Å². The first-order valence-electron chi connectivity index (χ1n) is 6.44. The van der Waals surface area contributed by atoms with E-state index in [1.54, 1.807) is 4.90 Å². The van der Waals surface area contributed by atoms with Crippen molar-refractivity contribution in [3.63, 3.8) is 0 Å². The number of rotatable bonds is 4. The maximum atomic E-state index is 13.0. The van der Waals surface area contributed by atoms with Crippen molar-refractivity contribution in [1.29, 1.82) is 0 Å². The van der Waals surface area contributed by atoms with Gasteiger partial charge in [0, 0.05) is 13.1 Å². The molecule has 0 saturated carbocycles. The lowest BCUT2D eigenvalue weighted by atomic mass is 9.86. The minimum Gasteiger partial charge on any atom is -0.339 e. The molecular formula is C14H18F2N2O. The van der Waals surface area contributed by atoms with Crippen LogP contribution in [0.5, 0.6) is 0 Å². The number of nitrogens with zero attached hydrogens (tertiary/aromatic N) is 1. The summed E-state index contributed by atoms with van der Waals surface area (Å²) in [5, 5.41) is 0. The highest BCUT2D eigenvalue weighted by atomic mass is 19.2. The van der Waals surface area contributed by atoms with Crippen molar-refractivity contribution in [3.8, 4) is 0 Å². The molecule has 5 heteroatoms. The van der Waals surface area contributed by atoms with Crippen LogP contribution in [-0.4, -0.2) is 29.4 Å². The molecule has 1 amide bonds. The molecule has 3 nitrogen and oxygen atoms in total. The Labute approximate surface area is 111 Å². The third-order valence-electron chi connectivity index (χ3n) is 3.45. The van der Waals surface area contributed by atoms with Crippen LogP contribution in [0.3, 0.4) is 0 Å². The van der Waals surface area contributed by atoms with E-state index < -0.39 is 11.6 Å². The maximum Gasteiger partial charge on any atom is 0.227 e. The normalized spacial score (nSPS) is 17.2. The van der Waals surface area contributed by atoms with Gasteiger partial charge in [-0.05, 0) is 24.1 Å². The van der Waals surface area contributed by atoms with Crippen LogP contribution in [0.2, 0.25) is 0 Å². The number of amides is 1. The average Bonchev–Trinajstić information content (AvgIpc) is 2.31. The Hall–Kier alpha value is -1.49. The highest BCUT2D eigenvalue weighted by molar-refractivity contribution is 5.80. The van der Waals surface area contributed by atoms with Crippen molar-refractivity contribution in [2.24, 2.45) is 5.73 Å². The summed E-state index contributed by atoms with van der Waals surface area (Å²) < 4.78 is 25.8. The fraction of sp³-hybridized carbons (Fsp3) is 0.500. The fourth-order valence-corrected chi connectivity index (χ4v) is 2.48. The molecule has 2 rings (SSSR count). The van der Waals surface area contributed by atoms with Crippen LogP contribution in [0.4, 0.5) is 8.78 Å². The van der Waals surface area contributed by atoms with E-state index in [-0.39, 0.29) is 17.9 Å². The Kier molecular flexibility index (Phi) is 3.85. The van der Waals surface area contributed by atoms with Crippen molar-refractivity contribution < 1.29 is 13.6 Å². The first-order chi connectivity index (χ1) is 8.93. The van der Waals surface area contributed by atoms with Gasteiger partial charge in [-0.2, -0.15) is 0 Å². The number of likely N-dealkylation sites (tertiary alicyclic amines) is 1. The van der Waals surface area contributed by atoms with E-state index in [0.29, 0.717) is 18.7 Å². The minimum absolute atomic E-state index is 0.0827. The third kappa shape index (κ3) is 3.10. The molecule has 0 aliphatic carbocycles. The first-order valence-corrected chi connectivity index (χ1v) is 6.44. The largest absolute Gasteiger partial charge is 0.339 e. The molecule has 1 heterocycles. The summed E-state index contributed by atoms with van der Waals surface area (Å²) in [6.45, 7) is 3.15. The number of halogens is 2. The maximum absolute atomic E-state index is 13.0. The predicted octanol–water partition coefficient (Wildman–Crippen LogP) is 1.85. The Morgan fingerprint density at radius 3 is 2.63 bits per heavy atom. The van der Waals surface area contributed by atoms with E-state index >= 15 is 0 Å². The molecule has 1 aliphatic rings. The minimum atomic E-state index is -0.923. The molecular weight excluding hydrogens is 250 g/mol. The van der Waals surface area contributed by atoms with E-state index in [4.69, 9.17) is 5.73 Å². The van der Waals surface area contributed by atoms with Crippen molar-refractivity contribution in [2.45, 2.75) is 31.7 Å². The topological polar surface area (TPSA) is 46.3 Å². The molecule has 104 valence electrons. The van der Waals surface area contributed by atoms with Gasteiger partial charge in [-0.15, -0.1) is 0 Å². The Balaban J connectivity index is 1.91. The van der Waals surface area contributed by atoms with Gasteiger partial charge in [0.05, 0.1) is 12.0 Å². The monoisotopic (exact) mass is 268 g/mol. The van der Waals surface area contributed by atoms with Crippen LogP contribution in [0.15, 0.2) is 18.2 Å². The van der Waals surface area contributed by atoms with E-state index in [2.05, 4.69) is 6.92 Å². The molecule has 1 aromatic rings. The van der Waals surface area contributed by atoms with Gasteiger partial charge in [0.1, 0.15) is 0 Å². The molecule has 1 aliphatic heterocycles. The Morgan fingerprint density at radius 1 is 1.37 bits per heavy atom. The zero-order valence-corrected chi connectivity index (χ0v) is 11.0. The number of nitrogens with two attached hydrogens (primary N) is 1. The lowest BCUT2D eigenvalue weighted by molar-refractivity contribution is -0.138. The van der Waals surface area contributed by atoms with Gasteiger partial charge in [0.15, 0.2) is 11.6 Å². The number of carbonyl (C=O) groups excluding carboxylic acids is 1. The summed E-state index contributed by atoms with van der Waals surface area (Å²) in [6.07, 6.45) is 1.96. The van der Waals surface area contributed by atoms with Crippen LogP contribution in [0, 0.1) is 11.6 Å². The van der Waals surface area contributed by atoms with Gasteiger partial charge >= 0.3 is 0 Å². The van der Waals surface area contributed by atoms with Crippen molar-refractivity contribution in [3.05, 3.63) is 35.4 Å². The average molecular weight is 268 g/mol. The van der Waals surface area contributed by atoms with Crippen molar-refractivity contribution in [2.75, 3.05) is 13.1 Å². The van der Waals surface area contributed by atoms with Crippen LogP contribution >= 0.6 is 0 Å². The molecule has 0 atom stereocenters. The molecule has 0 bridgehead atoms. The lowest BCUT2D eigenvalue weighted by Gasteiger charge is -2.48. The predicted molar refractivity (Wildman–Crippen MR) is 68.5 cm³/mol. The standard InChI is InChI=1S/C14H18F2N2O/c1-2-5-14(17)8-18(9-14)13(19)7-10-3-4-11(15)12(16)6-10/h3-4,6H,2,5,7-9,17H2,1H3. The van der Waals surface area contributed by atoms with E-state index in [0.717, 1.165) is 25.0 Å². The smallest absolute Gasteiger partial charge is 0.227 e. The van der Waals surface area contributed by atoms with Gasteiger partial charge in [-0.3, -0.25) is 4.79 Å². The summed E-state index contributed by atoms with van der Waals surface area (Å²) in [5.41, 5.74) is 6.29. The van der Waals surface area contributed by atoms with Crippen LogP contribution < -0.4 is 5.73 Å². The van der Waals surface area contributed by atoms with Crippen LogP contribution in [-0.2, 0) is 11.2 Å². The first kappa shape index (κ1) is 13.9. The SMILES string of the molecule is CCCC1(N)CN(C(=O)Cc2ccc(F)c(F)c2)C1. The Morgan fingerprint density at radius 2 is 2.05 bits per heavy atom. The number of hydrogen-bond donors (Lipinski definition) is 1. The van der Waals surface area contributed by atoms with Gasteiger partial charge in [-0.25, -0.2) is 8.78 Å². The summed E-state index contributed by atoms with van der Waals surface area (Å²) >= 11 is 0. The summed E-state index contributed by atoms with van der Waals surface area (Å²) in [7, 11) is 0. The van der Waals surface area contributed by atoms with Gasteiger partial charge in [0.2, 0.25) is 5.91 Å². The molecule has 0 aromatic heterocycles. The number of hydrogen-bond acceptors (Lipinski definition) is 2. The number of benzene rings is 1. The molecule has 0 unspecified atom stereocenters. The van der Waals surface area contributed by atoms with Gasteiger partial charge < -0.3 is 10.6 Å². The fourth-order valence-electron chi connectivity index (χ4n) is 2.48. The highest BCUT2D eigenvalue weighted by Crippen LogP contribution is 2.24. The molecule has 0 spiro atoms. The molecule has 2 N–H and O–H groups in total. The Bertz CT molecular complexity index is 484. The molecule has 1 aromatic carbocycles. The van der Waals surface area contributed by atoms with E-state index in [1.807, 2.05) is 0 Å². The van der Waals surface area contributed by atoms with Crippen molar-refractivity contribution >= 4 is 5.91 Å². The van der Waals surface area contributed by atoms with Crippen molar-refractivity contribution in [1.82, 2.24) is 4.90 Å². The third-order valence-corrected chi connectivity index (χ3v) is 3.45. The quantitative estimate of drug-likeness (QED) is 0.905. The zero-order valence-electron chi connectivity index (χ0n) is 11.0. The summed E-state index contributed by atoms with van der Waals surface area (Å²) in [5.74, 6) is -1.92. The van der Waals surface area contributed by atoms with Crippen LogP contribution in [0.1, 0.15) is 25.3 Å². The van der Waals surface area contributed by atoms with E-state index in [1.165, 1.54) is 6.07 Å². The molecule has 1 saturated heterocycles. The van der Waals surface area contributed by atoms with E-state index in [9.17, 15) is 13.6 Å². The highest BCUT2D eigenvalue weighted by Gasteiger charge is 2.40. The second-order valence-corrected chi connectivity index (χ2v) is 5.29. The van der Waals surface area contributed by atoms with Crippen LogP contribution in [0.25, 0.3) is 0 Å².